The molecule has 0 bridgehead atoms. The van der Waals surface area contributed by atoms with Crippen LogP contribution in [0.1, 0.15) is 63.5 Å². The molecule has 36 heavy (non-hydrogen) atoms. The Balaban J connectivity index is 1.10. The topological polar surface area (TPSA) is 58.6 Å². The maximum absolute atomic E-state index is 13.0. The molecule has 3 heterocycles. The monoisotopic (exact) mass is 488 g/mol. The summed E-state index contributed by atoms with van der Waals surface area (Å²) in [6, 6.07) is 8.96. The quantitative estimate of drug-likeness (QED) is 0.536. The Kier molecular flexibility index (Phi) is 7.59. The van der Waals surface area contributed by atoms with Crippen LogP contribution in [0.15, 0.2) is 42.7 Å². The first-order valence-electron chi connectivity index (χ1n) is 13.8. The summed E-state index contributed by atoms with van der Waals surface area (Å²) in [6.45, 7) is 10.1. The fourth-order valence-electron chi connectivity index (χ4n) is 6.03. The van der Waals surface area contributed by atoms with Crippen LogP contribution in [0.4, 0.5) is 5.95 Å². The second-order valence-electron chi connectivity index (χ2n) is 11.1. The van der Waals surface area contributed by atoms with E-state index in [1.54, 1.807) is 0 Å². The summed E-state index contributed by atoms with van der Waals surface area (Å²) >= 11 is 0. The van der Waals surface area contributed by atoms with Gasteiger partial charge in [-0.2, -0.15) is 0 Å². The molecule has 2 aliphatic heterocycles. The van der Waals surface area contributed by atoms with E-state index < -0.39 is 0 Å². The lowest BCUT2D eigenvalue weighted by molar-refractivity contribution is -0.136. The Morgan fingerprint density at radius 2 is 1.75 bits per heavy atom. The predicted molar refractivity (Wildman–Crippen MR) is 144 cm³/mol. The van der Waals surface area contributed by atoms with E-state index in [1.165, 1.54) is 11.1 Å². The molecule has 2 saturated heterocycles. The number of amides is 1. The number of benzene rings is 1. The number of ether oxygens (including phenoxy) is 1. The van der Waals surface area contributed by atoms with Crippen molar-refractivity contribution in [2.24, 2.45) is 17.8 Å². The summed E-state index contributed by atoms with van der Waals surface area (Å²) in [5.41, 5.74) is 3.71. The van der Waals surface area contributed by atoms with Crippen molar-refractivity contribution in [3.8, 4) is 5.75 Å². The number of carbonyl (C=O) groups is 1. The first-order valence-corrected chi connectivity index (χ1v) is 13.8. The van der Waals surface area contributed by atoms with Crippen molar-refractivity contribution >= 4 is 17.4 Å². The standard InChI is InChI=1S/C30H40N4O2/c1-21-18-31-30(32-19-21)33-15-12-24(13-16-33)20-36-27-9-6-25(7-10-27)28-11-8-26(17-22(28)2)29(35)34-14-4-5-23(34)3/h6-7,9-11,18-19,22-24,26H,4-5,8,12-17,20H2,1-3H3. The molecular weight excluding hydrogens is 448 g/mol. The second kappa shape index (κ2) is 11.0. The normalized spacial score (nSPS) is 25.1. The van der Waals surface area contributed by atoms with E-state index in [0.717, 1.165) is 82.0 Å². The van der Waals surface area contributed by atoms with Crippen LogP contribution in [0.25, 0.3) is 5.57 Å². The van der Waals surface area contributed by atoms with Crippen LogP contribution in [0.2, 0.25) is 0 Å². The Morgan fingerprint density at radius 1 is 1.03 bits per heavy atom. The highest BCUT2D eigenvalue weighted by atomic mass is 16.5. The van der Waals surface area contributed by atoms with Gasteiger partial charge >= 0.3 is 0 Å². The molecular formula is C30H40N4O2. The molecule has 2 aromatic rings. The van der Waals surface area contributed by atoms with Gasteiger partial charge in [0, 0.05) is 44.0 Å². The number of carbonyl (C=O) groups excluding carboxylic acids is 1. The number of anilines is 1. The number of hydrogen-bond donors (Lipinski definition) is 0. The molecule has 0 radical (unpaired) electrons. The Bertz CT molecular complexity index is 1060. The van der Waals surface area contributed by atoms with Crippen molar-refractivity contribution in [2.45, 2.75) is 65.3 Å². The van der Waals surface area contributed by atoms with Gasteiger partial charge in [0.05, 0.1) is 6.61 Å². The number of aryl methyl sites for hydroxylation is 1. The molecule has 6 nitrogen and oxygen atoms in total. The zero-order valence-electron chi connectivity index (χ0n) is 22.0. The van der Waals surface area contributed by atoms with Gasteiger partial charge in [0.25, 0.3) is 0 Å². The fourth-order valence-corrected chi connectivity index (χ4v) is 6.03. The van der Waals surface area contributed by atoms with Gasteiger partial charge in [0.1, 0.15) is 5.75 Å². The number of likely N-dealkylation sites (tertiary alicyclic amines) is 1. The minimum Gasteiger partial charge on any atom is -0.493 e. The molecule has 3 aliphatic rings. The predicted octanol–water partition coefficient (Wildman–Crippen LogP) is 5.52. The minimum absolute atomic E-state index is 0.135. The zero-order valence-corrected chi connectivity index (χ0v) is 22.0. The van der Waals surface area contributed by atoms with Crippen LogP contribution in [-0.4, -0.2) is 53.1 Å². The van der Waals surface area contributed by atoms with Gasteiger partial charge in [-0.3, -0.25) is 4.79 Å². The first-order chi connectivity index (χ1) is 17.5. The number of nitrogens with zero attached hydrogens (tertiary/aromatic N) is 4. The van der Waals surface area contributed by atoms with Crippen LogP contribution in [0.3, 0.4) is 0 Å². The zero-order chi connectivity index (χ0) is 25.1. The summed E-state index contributed by atoms with van der Waals surface area (Å²) < 4.78 is 6.17. The molecule has 6 heteroatoms. The van der Waals surface area contributed by atoms with E-state index in [9.17, 15) is 4.79 Å². The molecule has 1 aromatic carbocycles. The molecule has 3 atom stereocenters. The number of aromatic nitrogens is 2. The van der Waals surface area contributed by atoms with E-state index in [0.29, 0.717) is 23.8 Å². The lowest BCUT2D eigenvalue weighted by Crippen LogP contribution is -2.39. The lowest BCUT2D eigenvalue weighted by atomic mass is 9.79. The SMILES string of the molecule is Cc1cnc(N2CCC(COc3ccc(C4=CCC(C(=O)N5CCCC5C)CC4C)cc3)CC2)nc1. The highest BCUT2D eigenvalue weighted by molar-refractivity contribution is 5.81. The smallest absolute Gasteiger partial charge is 0.226 e. The second-order valence-corrected chi connectivity index (χ2v) is 11.1. The van der Waals surface area contributed by atoms with E-state index in [4.69, 9.17) is 4.74 Å². The number of rotatable bonds is 6. The maximum Gasteiger partial charge on any atom is 0.226 e. The van der Waals surface area contributed by atoms with E-state index >= 15 is 0 Å². The Hall–Kier alpha value is -2.89. The molecule has 1 amide bonds. The maximum atomic E-state index is 13.0. The summed E-state index contributed by atoms with van der Waals surface area (Å²) in [7, 11) is 0. The number of piperidine rings is 1. The van der Waals surface area contributed by atoms with Gasteiger partial charge in [-0.05, 0) is 93.0 Å². The molecule has 1 aliphatic carbocycles. The van der Waals surface area contributed by atoms with Gasteiger partial charge in [-0.1, -0.05) is 25.1 Å². The summed E-state index contributed by atoms with van der Waals surface area (Å²) in [5, 5.41) is 0. The largest absolute Gasteiger partial charge is 0.493 e. The van der Waals surface area contributed by atoms with Gasteiger partial charge in [0.2, 0.25) is 11.9 Å². The molecule has 3 unspecified atom stereocenters. The minimum atomic E-state index is 0.135. The van der Waals surface area contributed by atoms with E-state index in [1.807, 2.05) is 19.3 Å². The number of allylic oxidation sites excluding steroid dienone is 2. The van der Waals surface area contributed by atoms with Crippen LogP contribution >= 0.6 is 0 Å². The highest BCUT2D eigenvalue weighted by Gasteiger charge is 2.33. The number of hydrogen-bond acceptors (Lipinski definition) is 5. The van der Waals surface area contributed by atoms with Crippen LogP contribution in [0, 0.1) is 24.7 Å². The van der Waals surface area contributed by atoms with Crippen LogP contribution < -0.4 is 9.64 Å². The lowest BCUT2D eigenvalue weighted by Gasteiger charge is -2.32. The van der Waals surface area contributed by atoms with Crippen molar-refractivity contribution in [2.75, 3.05) is 31.1 Å². The molecule has 192 valence electrons. The third-order valence-electron chi connectivity index (χ3n) is 8.31. The summed E-state index contributed by atoms with van der Waals surface area (Å²) in [5.74, 6) is 3.21. The van der Waals surface area contributed by atoms with Crippen molar-refractivity contribution < 1.29 is 9.53 Å². The van der Waals surface area contributed by atoms with Gasteiger partial charge in [-0.25, -0.2) is 9.97 Å². The first kappa shape index (κ1) is 24.8. The van der Waals surface area contributed by atoms with Crippen LogP contribution in [0.5, 0.6) is 5.75 Å². The third-order valence-corrected chi connectivity index (χ3v) is 8.31. The Morgan fingerprint density at radius 3 is 2.39 bits per heavy atom. The van der Waals surface area contributed by atoms with Gasteiger partial charge in [0.15, 0.2) is 0 Å². The average molecular weight is 489 g/mol. The molecule has 2 fully saturated rings. The van der Waals surface area contributed by atoms with Gasteiger partial charge < -0.3 is 14.5 Å². The Labute approximate surface area is 215 Å². The molecule has 1 aromatic heterocycles. The molecule has 0 spiro atoms. The molecule has 5 rings (SSSR count). The summed E-state index contributed by atoms with van der Waals surface area (Å²) in [6.07, 6.45) is 12.4. The summed E-state index contributed by atoms with van der Waals surface area (Å²) in [4.78, 5) is 26.3. The molecule has 0 saturated carbocycles. The third kappa shape index (κ3) is 5.58. The van der Waals surface area contributed by atoms with Crippen molar-refractivity contribution in [3.05, 3.63) is 53.9 Å². The van der Waals surface area contributed by atoms with Crippen molar-refractivity contribution in [3.63, 3.8) is 0 Å². The fraction of sp³-hybridized carbons (Fsp3) is 0.567. The van der Waals surface area contributed by atoms with Crippen molar-refractivity contribution in [1.29, 1.82) is 0 Å². The van der Waals surface area contributed by atoms with E-state index in [2.05, 4.69) is 64.0 Å². The van der Waals surface area contributed by atoms with Gasteiger partial charge in [-0.15, -0.1) is 0 Å². The van der Waals surface area contributed by atoms with Crippen LogP contribution in [-0.2, 0) is 4.79 Å². The van der Waals surface area contributed by atoms with E-state index in [-0.39, 0.29) is 5.92 Å². The highest BCUT2D eigenvalue weighted by Crippen LogP contribution is 2.37. The van der Waals surface area contributed by atoms with Crippen molar-refractivity contribution in [1.82, 2.24) is 14.9 Å². The molecule has 0 N–H and O–H groups in total. The average Bonchev–Trinajstić information content (AvgIpc) is 3.34.